The minimum Gasteiger partial charge on any atom is -0.310 e. The molecule has 1 saturated heterocycles. The van der Waals surface area contributed by atoms with Crippen LogP contribution < -0.4 is 5.32 Å². The number of likely N-dealkylation sites (tertiary alicyclic amines) is 1. The maximum atomic E-state index is 12.2. The third-order valence-corrected chi connectivity index (χ3v) is 5.37. The summed E-state index contributed by atoms with van der Waals surface area (Å²) in [6.45, 7) is 3.52. The Kier molecular flexibility index (Phi) is 4.90. The van der Waals surface area contributed by atoms with Gasteiger partial charge in [-0.3, -0.25) is 9.69 Å². The quantitative estimate of drug-likeness (QED) is 0.873. The lowest BCUT2D eigenvalue weighted by Gasteiger charge is -2.22. The third-order valence-electron chi connectivity index (χ3n) is 3.79. The minimum atomic E-state index is -0.00463. The molecule has 1 amide bonds. The zero-order valence-electron chi connectivity index (χ0n) is 12.4. The smallest absolute Gasteiger partial charge is 0.239 e. The van der Waals surface area contributed by atoms with Gasteiger partial charge in [0.2, 0.25) is 5.91 Å². The number of pyridine rings is 1. The van der Waals surface area contributed by atoms with Crippen LogP contribution in [0.2, 0.25) is 0 Å². The molecule has 3 heterocycles. The Bertz CT molecular complexity index is 656. The Labute approximate surface area is 142 Å². The van der Waals surface area contributed by atoms with Crippen LogP contribution in [0.4, 0.5) is 5.82 Å². The van der Waals surface area contributed by atoms with Gasteiger partial charge >= 0.3 is 0 Å². The third kappa shape index (κ3) is 3.74. The van der Waals surface area contributed by atoms with Crippen molar-refractivity contribution in [2.45, 2.75) is 25.8 Å². The van der Waals surface area contributed by atoms with E-state index in [1.807, 2.05) is 17.4 Å². The summed E-state index contributed by atoms with van der Waals surface area (Å²) in [6.07, 6.45) is 3.96. The predicted octanol–water partition coefficient (Wildman–Crippen LogP) is 3.99. The lowest BCUT2D eigenvalue weighted by atomic mass is 10.2. The van der Waals surface area contributed by atoms with Crippen molar-refractivity contribution in [3.63, 3.8) is 0 Å². The molecule has 4 nitrogen and oxygen atoms in total. The highest BCUT2D eigenvalue weighted by Crippen LogP contribution is 2.35. The van der Waals surface area contributed by atoms with E-state index >= 15 is 0 Å². The summed E-state index contributed by atoms with van der Waals surface area (Å²) in [5, 5.41) is 2.86. The van der Waals surface area contributed by atoms with Gasteiger partial charge in [0.1, 0.15) is 5.82 Å². The number of nitrogens with zero attached hydrogens (tertiary/aromatic N) is 2. The van der Waals surface area contributed by atoms with Gasteiger partial charge in [0.15, 0.2) is 0 Å². The van der Waals surface area contributed by atoms with E-state index in [2.05, 4.69) is 50.2 Å². The van der Waals surface area contributed by atoms with E-state index in [1.54, 1.807) is 12.3 Å². The fourth-order valence-corrected chi connectivity index (χ4v) is 4.07. The van der Waals surface area contributed by atoms with E-state index in [-0.39, 0.29) is 5.91 Å². The highest BCUT2D eigenvalue weighted by Gasteiger charge is 2.28. The Balaban J connectivity index is 1.61. The standard InChI is InChI=1S/C16H18BrN3OS/c1-11-4-6-14(22-11)13-3-2-8-20(13)10-16(21)19-15-7-5-12(17)9-18-15/h4-7,9,13H,2-3,8,10H2,1H3,(H,18,19,21). The molecule has 116 valence electrons. The van der Waals surface area contributed by atoms with Crippen molar-refractivity contribution in [1.82, 2.24) is 9.88 Å². The zero-order valence-corrected chi connectivity index (χ0v) is 14.8. The number of anilines is 1. The summed E-state index contributed by atoms with van der Waals surface area (Å²) < 4.78 is 0.901. The predicted molar refractivity (Wildman–Crippen MR) is 93.2 cm³/mol. The largest absolute Gasteiger partial charge is 0.310 e. The van der Waals surface area contributed by atoms with E-state index in [0.29, 0.717) is 18.4 Å². The van der Waals surface area contributed by atoms with Crippen molar-refractivity contribution in [2.24, 2.45) is 0 Å². The number of carbonyl (C=O) groups excluding carboxylic acids is 1. The summed E-state index contributed by atoms with van der Waals surface area (Å²) in [6, 6.07) is 8.39. The SMILES string of the molecule is Cc1ccc(C2CCCN2CC(=O)Nc2ccc(Br)cn2)s1. The van der Waals surface area contributed by atoms with Crippen LogP contribution in [-0.4, -0.2) is 28.9 Å². The van der Waals surface area contributed by atoms with Gasteiger partial charge in [-0.25, -0.2) is 4.98 Å². The number of aryl methyl sites for hydroxylation is 1. The first-order valence-electron chi connectivity index (χ1n) is 7.33. The molecule has 3 rings (SSSR count). The van der Waals surface area contributed by atoms with Crippen LogP contribution in [0.3, 0.4) is 0 Å². The highest BCUT2D eigenvalue weighted by molar-refractivity contribution is 9.10. The Morgan fingerprint density at radius 2 is 2.32 bits per heavy atom. The molecule has 1 N–H and O–H groups in total. The van der Waals surface area contributed by atoms with Crippen molar-refractivity contribution in [3.05, 3.63) is 44.7 Å². The monoisotopic (exact) mass is 379 g/mol. The molecule has 0 spiro atoms. The fourth-order valence-electron chi connectivity index (χ4n) is 2.79. The van der Waals surface area contributed by atoms with E-state index in [0.717, 1.165) is 23.9 Å². The number of rotatable bonds is 4. The van der Waals surface area contributed by atoms with E-state index in [1.165, 1.54) is 9.75 Å². The van der Waals surface area contributed by atoms with E-state index in [9.17, 15) is 4.79 Å². The molecule has 2 aromatic heterocycles. The van der Waals surface area contributed by atoms with Crippen molar-refractivity contribution >= 4 is 39.0 Å². The summed E-state index contributed by atoms with van der Waals surface area (Å²) in [7, 11) is 0. The maximum Gasteiger partial charge on any atom is 0.239 e. The van der Waals surface area contributed by atoms with E-state index < -0.39 is 0 Å². The second kappa shape index (κ2) is 6.89. The first-order valence-corrected chi connectivity index (χ1v) is 8.94. The topological polar surface area (TPSA) is 45.2 Å². The highest BCUT2D eigenvalue weighted by atomic mass is 79.9. The number of aromatic nitrogens is 1. The number of carbonyl (C=O) groups is 1. The van der Waals surface area contributed by atoms with Gasteiger partial charge in [-0.2, -0.15) is 0 Å². The molecule has 1 aliphatic rings. The molecule has 0 radical (unpaired) electrons. The lowest BCUT2D eigenvalue weighted by molar-refractivity contribution is -0.117. The minimum absolute atomic E-state index is 0.00463. The molecule has 0 aromatic carbocycles. The summed E-state index contributed by atoms with van der Waals surface area (Å²) >= 11 is 5.17. The molecule has 1 fully saturated rings. The lowest BCUT2D eigenvalue weighted by Crippen LogP contribution is -2.32. The Morgan fingerprint density at radius 3 is 3.00 bits per heavy atom. The van der Waals surface area contributed by atoms with E-state index in [4.69, 9.17) is 0 Å². The molecule has 6 heteroatoms. The van der Waals surface area contributed by atoms with Crippen LogP contribution in [0.5, 0.6) is 0 Å². The van der Waals surface area contributed by atoms with Crippen LogP contribution in [-0.2, 0) is 4.79 Å². The second-order valence-corrected chi connectivity index (χ2v) is 7.72. The molecule has 1 unspecified atom stereocenters. The number of halogens is 1. The van der Waals surface area contributed by atoms with Gasteiger partial charge in [-0.15, -0.1) is 11.3 Å². The molecule has 2 aromatic rings. The number of thiophene rings is 1. The van der Waals surface area contributed by atoms with Crippen LogP contribution in [0.25, 0.3) is 0 Å². The van der Waals surface area contributed by atoms with Gasteiger partial charge in [-0.1, -0.05) is 0 Å². The molecule has 0 saturated carbocycles. The number of nitrogens with one attached hydrogen (secondary N) is 1. The molecule has 0 bridgehead atoms. The van der Waals surface area contributed by atoms with Crippen molar-refractivity contribution in [1.29, 1.82) is 0 Å². The average Bonchev–Trinajstić information content (AvgIpc) is 3.10. The van der Waals surface area contributed by atoms with Crippen molar-refractivity contribution in [3.8, 4) is 0 Å². The average molecular weight is 380 g/mol. The number of hydrogen-bond acceptors (Lipinski definition) is 4. The Hall–Kier alpha value is -1.24. The Morgan fingerprint density at radius 1 is 1.45 bits per heavy atom. The summed E-state index contributed by atoms with van der Waals surface area (Å²) in [5.41, 5.74) is 0. The van der Waals surface area contributed by atoms with Crippen molar-refractivity contribution in [2.75, 3.05) is 18.4 Å². The summed E-state index contributed by atoms with van der Waals surface area (Å²) in [4.78, 5) is 21.4. The van der Waals surface area contributed by atoms with Crippen LogP contribution in [0.1, 0.15) is 28.6 Å². The first kappa shape index (κ1) is 15.6. The molecule has 0 aliphatic carbocycles. The number of hydrogen-bond donors (Lipinski definition) is 1. The van der Waals surface area contributed by atoms with Crippen LogP contribution in [0, 0.1) is 6.92 Å². The normalized spacial score (nSPS) is 18.5. The van der Waals surface area contributed by atoms with Crippen LogP contribution in [0.15, 0.2) is 34.9 Å². The van der Waals surface area contributed by atoms with Crippen molar-refractivity contribution < 1.29 is 4.79 Å². The number of amides is 1. The van der Waals surface area contributed by atoms with Gasteiger partial charge in [0.05, 0.1) is 6.54 Å². The van der Waals surface area contributed by atoms with Gasteiger partial charge in [0, 0.05) is 26.5 Å². The van der Waals surface area contributed by atoms with Gasteiger partial charge < -0.3 is 5.32 Å². The van der Waals surface area contributed by atoms with Gasteiger partial charge in [-0.05, 0) is 66.5 Å². The molecular weight excluding hydrogens is 362 g/mol. The first-order chi connectivity index (χ1) is 10.6. The molecule has 1 aliphatic heterocycles. The second-order valence-electron chi connectivity index (χ2n) is 5.49. The zero-order chi connectivity index (χ0) is 15.5. The van der Waals surface area contributed by atoms with Gasteiger partial charge in [0.25, 0.3) is 0 Å². The summed E-state index contributed by atoms with van der Waals surface area (Å²) in [5.74, 6) is 0.589. The van der Waals surface area contributed by atoms with Crippen LogP contribution >= 0.6 is 27.3 Å². The molecule has 1 atom stereocenters. The fraction of sp³-hybridized carbons (Fsp3) is 0.375. The molecular formula is C16H18BrN3OS. The maximum absolute atomic E-state index is 12.2. The molecule has 22 heavy (non-hydrogen) atoms.